The minimum absolute atomic E-state index is 0.289. The predicted molar refractivity (Wildman–Crippen MR) is 145 cm³/mol. The zero-order valence-electron chi connectivity index (χ0n) is 21.0. The number of nitrogens with zero attached hydrogens (tertiary/aromatic N) is 1. The van der Waals surface area contributed by atoms with Crippen LogP contribution in [0.25, 0.3) is 0 Å². The molecule has 0 spiro atoms. The van der Waals surface area contributed by atoms with E-state index in [1.54, 1.807) is 23.2 Å². The Morgan fingerprint density at radius 1 is 1.06 bits per heavy atom. The summed E-state index contributed by atoms with van der Waals surface area (Å²) < 4.78 is 11.7. The Bertz CT molecular complexity index is 1170. The standard InChI is InChI=1S/C25H32BrN3O5S2/c1-5-33-22(30)19-15-8-6-7-9-17(15)36-21(19)28-23(31)27-12-16-14-10-11-29(13-18(14)35-20(16)26)24(32)34-25(2,3)4/h5-13H2,1-4H3,(H2,27,28,31). The van der Waals surface area contributed by atoms with Crippen LogP contribution in [0.4, 0.5) is 14.6 Å². The number of thiophene rings is 2. The Kier molecular flexibility index (Phi) is 8.31. The Morgan fingerprint density at radius 2 is 1.81 bits per heavy atom. The average Bonchev–Trinajstić information content (AvgIpc) is 3.32. The van der Waals surface area contributed by atoms with Gasteiger partial charge in [0.2, 0.25) is 0 Å². The number of esters is 1. The minimum atomic E-state index is -0.537. The first-order valence-corrected chi connectivity index (χ1v) is 14.6. The van der Waals surface area contributed by atoms with Crippen molar-refractivity contribution >= 4 is 61.7 Å². The Morgan fingerprint density at radius 3 is 2.53 bits per heavy atom. The highest BCUT2D eigenvalue weighted by Crippen LogP contribution is 2.39. The highest BCUT2D eigenvalue weighted by Gasteiger charge is 2.30. The summed E-state index contributed by atoms with van der Waals surface area (Å²) in [5.41, 5.74) is 3.16. The van der Waals surface area contributed by atoms with Gasteiger partial charge in [0.1, 0.15) is 10.6 Å². The molecule has 2 aromatic rings. The van der Waals surface area contributed by atoms with E-state index in [0.717, 1.165) is 55.9 Å². The summed E-state index contributed by atoms with van der Waals surface area (Å²) >= 11 is 6.69. The largest absolute Gasteiger partial charge is 0.462 e. The van der Waals surface area contributed by atoms with Gasteiger partial charge in [0.15, 0.2) is 0 Å². The van der Waals surface area contributed by atoms with Gasteiger partial charge in [0.05, 0.1) is 22.5 Å². The van der Waals surface area contributed by atoms with Crippen molar-refractivity contribution in [3.05, 3.63) is 35.8 Å². The summed E-state index contributed by atoms with van der Waals surface area (Å²) in [6, 6.07) is -0.364. The van der Waals surface area contributed by atoms with Crippen molar-refractivity contribution in [3.63, 3.8) is 0 Å². The zero-order valence-corrected chi connectivity index (χ0v) is 24.3. The van der Waals surface area contributed by atoms with Gasteiger partial charge in [-0.05, 0) is 92.4 Å². The van der Waals surface area contributed by atoms with Crippen molar-refractivity contribution in [2.45, 2.75) is 78.5 Å². The van der Waals surface area contributed by atoms with Crippen LogP contribution in [-0.2, 0) is 41.8 Å². The third-order valence-corrected chi connectivity index (χ3v) is 9.29. The van der Waals surface area contributed by atoms with E-state index < -0.39 is 5.60 Å². The number of carbonyl (C=O) groups excluding carboxylic acids is 3. The van der Waals surface area contributed by atoms with Crippen LogP contribution in [0.15, 0.2) is 3.79 Å². The lowest BCUT2D eigenvalue weighted by atomic mass is 9.95. The van der Waals surface area contributed by atoms with Crippen molar-refractivity contribution in [1.82, 2.24) is 10.2 Å². The topological polar surface area (TPSA) is 97.0 Å². The molecule has 0 unspecified atom stereocenters. The first kappa shape index (κ1) is 26.9. The molecule has 0 fully saturated rings. The Balaban J connectivity index is 1.42. The molecule has 2 aromatic heterocycles. The van der Waals surface area contributed by atoms with E-state index in [1.807, 2.05) is 20.8 Å². The van der Waals surface area contributed by atoms with Gasteiger partial charge >= 0.3 is 18.1 Å². The fourth-order valence-electron chi connectivity index (χ4n) is 4.48. The number of carbonyl (C=O) groups is 3. The molecule has 3 amide bonds. The molecule has 0 saturated heterocycles. The van der Waals surface area contributed by atoms with Crippen molar-refractivity contribution < 1.29 is 23.9 Å². The van der Waals surface area contributed by atoms with Crippen molar-refractivity contribution in [1.29, 1.82) is 0 Å². The van der Waals surface area contributed by atoms with Gasteiger partial charge < -0.3 is 19.7 Å². The second kappa shape index (κ2) is 11.1. The van der Waals surface area contributed by atoms with Crippen molar-refractivity contribution in [2.24, 2.45) is 0 Å². The monoisotopic (exact) mass is 597 g/mol. The van der Waals surface area contributed by atoms with Gasteiger partial charge in [0.25, 0.3) is 0 Å². The number of fused-ring (bicyclic) bond motifs is 2. The highest BCUT2D eigenvalue weighted by molar-refractivity contribution is 9.11. The van der Waals surface area contributed by atoms with Gasteiger partial charge in [-0.25, -0.2) is 14.4 Å². The Labute approximate surface area is 227 Å². The zero-order chi connectivity index (χ0) is 26.0. The molecular formula is C25H32BrN3O5S2. The summed E-state index contributed by atoms with van der Waals surface area (Å²) in [5, 5.41) is 6.40. The summed E-state index contributed by atoms with van der Waals surface area (Å²) in [4.78, 5) is 42.0. The van der Waals surface area contributed by atoms with E-state index in [-0.39, 0.29) is 24.7 Å². The van der Waals surface area contributed by atoms with Crippen LogP contribution in [0.3, 0.4) is 0 Å². The minimum Gasteiger partial charge on any atom is -0.462 e. The molecule has 8 nitrogen and oxygen atoms in total. The third-order valence-electron chi connectivity index (χ3n) is 6.07. The summed E-state index contributed by atoms with van der Waals surface area (Å²) in [6.45, 7) is 9.04. The lowest BCUT2D eigenvalue weighted by molar-refractivity contribution is 0.0226. The molecule has 0 atom stereocenters. The van der Waals surface area contributed by atoms with E-state index in [1.165, 1.54) is 11.3 Å². The molecule has 2 N–H and O–H groups in total. The number of hydrogen-bond acceptors (Lipinski definition) is 7. The number of rotatable bonds is 5. The molecule has 0 bridgehead atoms. The number of amides is 3. The van der Waals surface area contributed by atoms with E-state index in [4.69, 9.17) is 9.47 Å². The molecular weight excluding hydrogens is 566 g/mol. The summed E-state index contributed by atoms with van der Waals surface area (Å²) in [7, 11) is 0. The lowest BCUT2D eigenvalue weighted by Crippen LogP contribution is -2.39. The molecule has 0 radical (unpaired) electrons. The summed E-state index contributed by atoms with van der Waals surface area (Å²) in [5.74, 6) is -0.378. The number of urea groups is 1. The molecule has 11 heteroatoms. The van der Waals surface area contributed by atoms with Crippen molar-refractivity contribution in [2.75, 3.05) is 18.5 Å². The second-order valence-electron chi connectivity index (χ2n) is 9.85. The maximum Gasteiger partial charge on any atom is 0.410 e. The van der Waals surface area contributed by atoms with Crippen LogP contribution < -0.4 is 10.6 Å². The normalized spacial score (nSPS) is 15.1. The molecule has 3 heterocycles. The Hall–Kier alpha value is -2.11. The molecule has 196 valence electrons. The van der Waals surface area contributed by atoms with Gasteiger partial charge in [-0.15, -0.1) is 22.7 Å². The highest BCUT2D eigenvalue weighted by atomic mass is 79.9. The van der Waals surface area contributed by atoms with Crippen LogP contribution in [0, 0.1) is 0 Å². The van der Waals surface area contributed by atoms with Crippen LogP contribution in [0.2, 0.25) is 0 Å². The molecule has 1 aliphatic carbocycles. The van der Waals surface area contributed by atoms with Crippen LogP contribution in [0.1, 0.15) is 77.3 Å². The van der Waals surface area contributed by atoms with Crippen molar-refractivity contribution in [3.8, 4) is 0 Å². The maximum absolute atomic E-state index is 12.9. The summed E-state index contributed by atoms with van der Waals surface area (Å²) in [6.07, 6.45) is 4.25. The second-order valence-corrected chi connectivity index (χ2v) is 13.4. The lowest BCUT2D eigenvalue weighted by Gasteiger charge is -2.30. The number of ether oxygens (including phenoxy) is 2. The first-order chi connectivity index (χ1) is 17.1. The van der Waals surface area contributed by atoms with Crippen LogP contribution in [0.5, 0.6) is 0 Å². The van der Waals surface area contributed by atoms with Gasteiger partial charge in [-0.2, -0.15) is 0 Å². The SMILES string of the molecule is CCOC(=O)c1c(NC(=O)NCc2c(Br)sc3c2CCN(C(=O)OC(C)(C)C)C3)sc2c1CCCC2. The third kappa shape index (κ3) is 6.06. The van der Waals surface area contributed by atoms with Crippen LogP contribution in [-0.4, -0.2) is 41.7 Å². The number of nitrogens with one attached hydrogen (secondary N) is 2. The predicted octanol–water partition coefficient (Wildman–Crippen LogP) is 6.24. The molecule has 4 rings (SSSR count). The number of hydrogen-bond donors (Lipinski definition) is 2. The quantitative estimate of drug-likeness (QED) is 0.397. The molecule has 1 aliphatic heterocycles. The van der Waals surface area contributed by atoms with E-state index in [9.17, 15) is 14.4 Å². The number of aryl methyl sites for hydroxylation is 1. The first-order valence-electron chi connectivity index (χ1n) is 12.2. The van der Waals surface area contributed by atoms with E-state index in [2.05, 4.69) is 26.6 Å². The van der Waals surface area contributed by atoms with Gasteiger partial charge in [-0.1, -0.05) is 0 Å². The van der Waals surface area contributed by atoms with Crippen LogP contribution >= 0.6 is 38.6 Å². The molecule has 0 saturated carbocycles. The molecule has 36 heavy (non-hydrogen) atoms. The molecule has 0 aromatic carbocycles. The van der Waals surface area contributed by atoms with Gasteiger partial charge in [-0.3, -0.25) is 5.32 Å². The number of anilines is 1. The fraction of sp³-hybridized carbons (Fsp3) is 0.560. The molecule has 2 aliphatic rings. The van der Waals surface area contributed by atoms with Gasteiger partial charge in [0, 0.05) is 22.8 Å². The smallest absolute Gasteiger partial charge is 0.410 e. The van der Waals surface area contributed by atoms with E-state index in [0.29, 0.717) is 36.6 Å². The van der Waals surface area contributed by atoms with E-state index >= 15 is 0 Å². The number of halogens is 1. The fourth-order valence-corrected chi connectivity index (χ4v) is 7.82. The average molecular weight is 599 g/mol. The maximum atomic E-state index is 12.9.